The van der Waals surface area contributed by atoms with E-state index in [1.165, 1.54) is 9.13 Å². The summed E-state index contributed by atoms with van der Waals surface area (Å²) < 4.78 is 2.80. The second kappa shape index (κ2) is 7.60. The van der Waals surface area contributed by atoms with Gasteiger partial charge < -0.3 is 5.73 Å². The smallest absolute Gasteiger partial charge is 0.330 e. The molecule has 30 heavy (non-hydrogen) atoms. The summed E-state index contributed by atoms with van der Waals surface area (Å²) in [5.74, 6) is -0.774. The highest BCUT2D eigenvalue weighted by atomic mass is 32.2. The Labute approximate surface area is 174 Å². The van der Waals surface area contributed by atoms with Crippen molar-refractivity contribution in [1.29, 1.82) is 0 Å². The van der Waals surface area contributed by atoms with Crippen LogP contribution < -0.4 is 22.5 Å². The lowest BCUT2D eigenvalue weighted by molar-refractivity contribution is 0.102. The van der Waals surface area contributed by atoms with Crippen molar-refractivity contribution >= 4 is 34.3 Å². The van der Waals surface area contributed by atoms with E-state index in [-0.39, 0.29) is 34.8 Å². The molecule has 9 nitrogen and oxygen atoms in total. The Morgan fingerprint density at radius 3 is 2.63 bits per heavy atom. The van der Waals surface area contributed by atoms with Crippen LogP contribution in [-0.2, 0) is 0 Å². The molecule has 0 saturated heterocycles. The molecule has 0 radical (unpaired) electrons. The van der Waals surface area contributed by atoms with E-state index in [4.69, 9.17) is 5.73 Å². The third-order valence-electron chi connectivity index (χ3n) is 5.00. The molecule has 0 unspecified atom stereocenters. The number of ketones is 1. The van der Waals surface area contributed by atoms with Crippen molar-refractivity contribution in [2.45, 2.75) is 43.9 Å². The van der Waals surface area contributed by atoms with Crippen LogP contribution in [-0.4, -0.2) is 30.6 Å². The molecular formula is C20H21N5O4S. The first-order chi connectivity index (χ1) is 14.3. The van der Waals surface area contributed by atoms with E-state index < -0.39 is 17.0 Å². The molecule has 0 bridgehead atoms. The third-order valence-corrected chi connectivity index (χ3v) is 5.95. The number of nitrogens with one attached hydrogen (secondary N) is 1. The van der Waals surface area contributed by atoms with Gasteiger partial charge in [0.05, 0.1) is 16.7 Å². The van der Waals surface area contributed by atoms with Crippen molar-refractivity contribution in [2.75, 3.05) is 11.5 Å². The SMILES string of the molecule is CC(C)n1c(SCC(=O)c2c(N)n(C3CC3)c(=O)[nH]c2=O)nc2ccccc2c1=O. The zero-order valence-electron chi connectivity index (χ0n) is 16.5. The maximum absolute atomic E-state index is 12.9. The number of carbonyl (C=O) groups excluding carboxylic acids is 1. The zero-order chi connectivity index (χ0) is 21.6. The third kappa shape index (κ3) is 3.47. The summed E-state index contributed by atoms with van der Waals surface area (Å²) >= 11 is 1.07. The summed E-state index contributed by atoms with van der Waals surface area (Å²) in [5.41, 5.74) is 4.73. The average molecular weight is 427 g/mol. The minimum absolute atomic E-state index is 0.0816. The maximum Gasteiger partial charge on any atom is 0.330 e. The van der Waals surface area contributed by atoms with Crippen molar-refractivity contribution in [3.8, 4) is 0 Å². The lowest BCUT2D eigenvalue weighted by Gasteiger charge is -2.16. The number of nitrogen functional groups attached to an aromatic ring is 1. The number of nitrogens with two attached hydrogens (primary N) is 1. The van der Waals surface area contributed by atoms with Gasteiger partial charge in [-0.3, -0.25) is 28.5 Å². The first kappa shape index (κ1) is 20.1. The van der Waals surface area contributed by atoms with Crippen LogP contribution >= 0.6 is 11.8 Å². The quantitative estimate of drug-likeness (QED) is 0.348. The van der Waals surface area contributed by atoms with Gasteiger partial charge in [-0.05, 0) is 38.8 Å². The number of hydrogen-bond acceptors (Lipinski definition) is 7. The van der Waals surface area contributed by atoms with Crippen molar-refractivity contribution < 1.29 is 4.79 Å². The molecule has 0 spiro atoms. The first-order valence-electron chi connectivity index (χ1n) is 9.61. The zero-order valence-corrected chi connectivity index (χ0v) is 17.4. The van der Waals surface area contributed by atoms with Gasteiger partial charge in [-0.2, -0.15) is 0 Å². The van der Waals surface area contributed by atoms with Gasteiger partial charge in [-0.15, -0.1) is 0 Å². The summed E-state index contributed by atoms with van der Waals surface area (Å²) in [6.45, 7) is 3.72. The Hall–Kier alpha value is -3.14. The Morgan fingerprint density at radius 1 is 1.27 bits per heavy atom. The summed E-state index contributed by atoms with van der Waals surface area (Å²) in [7, 11) is 0. The van der Waals surface area contributed by atoms with Gasteiger partial charge in [0.2, 0.25) is 0 Å². The van der Waals surface area contributed by atoms with Crippen molar-refractivity contribution in [2.24, 2.45) is 0 Å². The summed E-state index contributed by atoms with van der Waals surface area (Å²) in [5, 5.41) is 0.881. The highest BCUT2D eigenvalue weighted by Crippen LogP contribution is 2.35. The van der Waals surface area contributed by atoms with E-state index in [1.54, 1.807) is 24.3 Å². The molecule has 0 aliphatic heterocycles. The van der Waals surface area contributed by atoms with E-state index in [9.17, 15) is 19.2 Å². The second-order valence-corrected chi connectivity index (χ2v) is 8.46. The van der Waals surface area contributed by atoms with Crippen LogP contribution in [0.25, 0.3) is 10.9 Å². The molecule has 2 heterocycles. The Balaban J connectivity index is 1.70. The van der Waals surface area contributed by atoms with E-state index in [2.05, 4.69) is 9.97 Å². The maximum atomic E-state index is 12.9. The Morgan fingerprint density at radius 2 is 1.97 bits per heavy atom. The van der Waals surface area contributed by atoms with Crippen molar-refractivity contribution in [1.82, 2.24) is 19.1 Å². The van der Waals surface area contributed by atoms with Crippen LogP contribution in [0.4, 0.5) is 5.82 Å². The fraction of sp³-hybridized carbons (Fsp3) is 0.350. The fourth-order valence-electron chi connectivity index (χ4n) is 3.42. The fourth-order valence-corrected chi connectivity index (χ4v) is 4.42. The lowest BCUT2D eigenvalue weighted by atomic mass is 10.2. The predicted molar refractivity (Wildman–Crippen MR) is 115 cm³/mol. The first-order valence-corrected chi connectivity index (χ1v) is 10.6. The van der Waals surface area contributed by atoms with Gasteiger partial charge >= 0.3 is 5.69 Å². The molecule has 1 fully saturated rings. The van der Waals surface area contributed by atoms with E-state index in [0.29, 0.717) is 16.1 Å². The minimum Gasteiger partial charge on any atom is -0.384 e. The van der Waals surface area contributed by atoms with E-state index in [0.717, 1.165) is 24.6 Å². The van der Waals surface area contributed by atoms with Crippen molar-refractivity contribution in [3.05, 3.63) is 61.0 Å². The average Bonchev–Trinajstić information content (AvgIpc) is 3.50. The number of nitrogens with zero attached hydrogens (tertiary/aromatic N) is 3. The number of hydrogen-bond donors (Lipinski definition) is 2. The molecule has 10 heteroatoms. The van der Waals surface area contributed by atoms with Crippen molar-refractivity contribution in [3.63, 3.8) is 0 Å². The molecule has 3 aromatic rings. The highest BCUT2D eigenvalue weighted by Gasteiger charge is 2.30. The molecule has 4 rings (SSSR count). The molecular weight excluding hydrogens is 406 g/mol. The topological polar surface area (TPSA) is 133 Å². The van der Waals surface area contributed by atoms with Crippen LogP contribution in [0, 0.1) is 0 Å². The number of aromatic amines is 1. The highest BCUT2D eigenvalue weighted by molar-refractivity contribution is 7.99. The Kier molecular flexibility index (Phi) is 5.10. The van der Waals surface area contributed by atoms with Crippen LogP contribution in [0.3, 0.4) is 0 Å². The standard InChI is InChI=1S/C20H21N5O4S/c1-10(2)24-18(28)12-5-3-4-6-13(12)22-20(24)30-9-14(26)15-16(21)25(11-7-8-11)19(29)23-17(15)27/h3-6,10-11H,7-9,21H2,1-2H3,(H,23,27,29). The predicted octanol–water partition coefficient (Wildman–Crippen LogP) is 1.72. The number of anilines is 1. The number of carbonyl (C=O) groups is 1. The van der Waals surface area contributed by atoms with Gasteiger partial charge in [0.25, 0.3) is 11.1 Å². The number of H-pyrrole nitrogens is 1. The number of Topliss-reactive ketones (excluding diaryl/α,β-unsaturated/α-hetero) is 1. The Bertz CT molecular complexity index is 1330. The molecule has 3 N–H and O–H groups in total. The number of para-hydroxylation sites is 1. The number of benzene rings is 1. The molecule has 0 amide bonds. The molecule has 1 aliphatic rings. The largest absolute Gasteiger partial charge is 0.384 e. The number of rotatable bonds is 6. The van der Waals surface area contributed by atoms with Gasteiger partial charge in [-0.1, -0.05) is 23.9 Å². The van der Waals surface area contributed by atoms with Gasteiger partial charge in [0, 0.05) is 12.1 Å². The van der Waals surface area contributed by atoms with Gasteiger partial charge in [0.1, 0.15) is 11.4 Å². The monoisotopic (exact) mass is 427 g/mol. The number of fused-ring (bicyclic) bond motifs is 1. The van der Waals surface area contributed by atoms with Crippen LogP contribution in [0.15, 0.2) is 43.8 Å². The van der Waals surface area contributed by atoms with Gasteiger partial charge in [0.15, 0.2) is 10.9 Å². The summed E-state index contributed by atoms with van der Waals surface area (Å²) in [6, 6.07) is 6.76. The van der Waals surface area contributed by atoms with E-state index in [1.807, 2.05) is 13.8 Å². The minimum atomic E-state index is -0.798. The molecule has 0 atom stereocenters. The summed E-state index contributed by atoms with van der Waals surface area (Å²) in [6.07, 6.45) is 1.56. The van der Waals surface area contributed by atoms with Crippen LogP contribution in [0.2, 0.25) is 0 Å². The summed E-state index contributed by atoms with van der Waals surface area (Å²) in [4.78, 5) is 56.8. The second-order valence-electron chi connectivity index (χ2n) is 7.51. The molecule has 2 aromatic heterocycles. The number of thioether (sulfide) groups is 1. The van der Waals surface area contributed by atoms with Crippen LogP contribution in [0.1, 0.15) is 49.1 Å². The lowest BCUT2D eigenvalue weighted by Crippen LogP contribution is -2.36. The van der Waals surface area contributed by atoms with E-state index >= 15 is 0 Å². The normalized spacial score (nSPS) is 13.8. The molecule has 156 valence electrons. The molecule has 1 aliphatic carbocycles. The van der Waals surface area contributed by atoms with Crippen LogP contribution in [0.5, 0.6) is 0 Å². The molecule has 1 aromatic carbocycles. The molecule has 1 saturated carbocycles. The van der Waals surface area contributed by atoms with Gasteiger partial charge in [-0.25, -0.2) is 9.78 Å². The number of aromatic nitrogens is 4.